The second-order valence-electron chi connectivity index (χ2n) is 6.00. The Morgan fingerprint density at radius 3 is 2.76 bits per heavy atom. The van der Waals surface area contributed by atoms with E-state index in [1.807, 2.05) is 6.92 Å². The van der Waals surface area contributed by atoms with E-state index in [1.165, 1.54) is 19.3 Å². The van der Waals surface area contributed by atoms with Crippen LogP contribution in [0, 0.1) is 11.3 Å². The van der Waals surface area contributed by atoms with Gasteiger partial charge in [-0.25, -0.2) is 0 Å². The molecule has 3 heteroatoms. The Bertz CT molecular complexity index is 251. The Labute approximate surface area is 105 Å². The first-order valence-electron chi connectivity index (χ1n) is 6.83. The SMILES string of the molecule is CCOC(=O)CCNC1CCC(C)(C)CC1C. The molecule has 0 heterocycles. The van der Waals surface area contributed by atoms with Crippen molar-refractivity contribution in [2.75, 3.05) is 13.2 Å². The molecule has 0 amide bonds. The molecule has 0 aromatic carbocycles. The van der Waals surface area contributed by atoms with Crippen molar-refractivity contribution in [2.24, 2.45) is 11.3 Å². The molecule has 0 bridgehead atoms. The number of carbonyl (C=O) groups excluding carboxylic acids is 1. The van der Waals surface area contributed by atoms with Crippen molar-refractivity contribution in [3.63, 3.8) is 0 Å². The van der Waals surface area contributed by atoms with Gasteiger partial charge >= 0.3 is 5.97 Å². The van der Waals surface area contributed by atoms with Crippen LogP contribution in [0.15, 0.2) is 0 Å². The lowest BCUT2D eigenvalue weighted by molar-refractivity contribution is -0.143. The standard InChI is InChI=1S/C14H27NO2/c1-5-17-13(16)7-9-15-12-6-8-14(3,4)10-11(12)2/h11-12,15H,5-10H2,1-4H3. The number of ether oxygens (including phenoxy) is 1. The van der Waals surface area contributed by atoms with Gasteiger partial charge in [0.05, 0.1) is 13.0 Å². The Balaban J connectivity index is 2.22. The monoisotopic (exact) mass is 241 g/mol. The van der Waals surface area contributed by atoms with E-state index in [1.54, 1.807) is 0 Å². The van der Waals surface area contributed by atoms with Crippen molar-refractivity contribution in [3.8, 4) is 0 Å². The summed E-state index contributed by atoms with van der Waals surface area (Å²) in [6, 6.07) is 0.567. The topological polar surface area (TPSA) is 38.3 Å². The summed E-state index contributed by atoms with van der Waals surface area (Å²) in [6.07, 6.45) is 4.25. The normalized spacial score (nSPS) is 27.8. The summed E-state index contributed by atoms with van der Waals surface area (Å²) >= 11 is 0. The highest BCUT2D eigenvalue weighted by Gasteiger charge is 2.31. The van der Waals surface area contributed by atoms with E-state index >= 15 is 0 Å². The lowest BCUT2D eigenvalue weighted by Gasteiger charge is -2.39. The maximum Gasteiger partial charge on any atom is 0.307 e. The summed E-state index contributed by atoms with van der Waals surface area (Å²) in [7, 11) is 0. The minimum Gasteiger partial charge on any atom is -0.466 e. The van der Waals surface area contributed by atoms with E-state index in [9.17, 15) is 4.79 Å². The molecule has 1 aliphatic carbocycles. The van der Waals surface area contributed by atoms with Crippen LogP contribution in [0.25, 0.3) is 0 Å². The summed E-state index contributed by atoms with van der Waals surface area (Å²) in [6.45, 7) is 10.1. The van der Waals surface area contributed by atoms with Crippen molar-refractivity contribution >= 4 is 5.97 Å². The number of nitrogens with one attached hydrogen (secondary N) is 1. The van der Waals surface area contributed by atoms with Gasteiger partial charge in [-0.05, 0) is 37.5 Å². The van der Waals surface area contributed by atoms with E-state index < -0.39 is 0 Å². The molecule has 0 radical (unpaired) electrons. The van der Waals surface area contributed by atoms with Gasteiger partial charge in [0, 0.05) is 12.6 Å². The zero-order valence-electron chi connectivity index (χ0n) is 11.7. The molecular formula is C14H27NO2. The van der Waals surface area contributed by atoms with Crippen molar-refractivity contribution in [3.05, 3.63) is 0 Å². The minimum absolute atomic E-state index is 0.0937. The molecule has 0 saturated heterocycles. The highest BCUT2D eigenvalue weighted by molar-refractivity contribution is 5.69. The second kappa shape index (κ2) is 6.39. The molecule has 3 nitrogen and oxygen atoms in total. The van der Waals surface area contributed by atoms with Crippen LogP contribution in [-0.4, -0.2) is 25.2 Å². The van der Waals surface area contributed by atoms with Gasteiger partial charge in [0.2, 0.25) is 0 Å². The molecule has 1 aliphatic rings. The molecule has 100 valence electrons. The van der Waals surface area contributed by atoms with Crippen LogP contribution < -0.4 is 5.32 Å². The molecule has 1 fully saturated rings. The van der Waals surface area contributed by atoms with Crippen LogP contribution in [0.1, 0.15) is 53.4 Å². The molecule has 2 atom stereocenters. The number of hydrogen-bond donors (Lipinski definition) is 1. The predicted octanol–water partition coefficient (Wildman–Crippen LogP) is 2.74. The average molecular weight is 241 g/mol. The minimum atomic E-state index is -0.0937. The van der Waals surface area contributed by atoms with Crippen LogP contribution in [0.3, 0.4) is 0 Å². The lowest BCUT2D eigenvalue weighted by Crippen LogP contribution is -2.42. The quantitative estimate of drug-likeness (QED) is 0.752. The van der Waals surface area contributed by atoms with Gasteiger partial charge in [-0.1, -0.05) is 20.8 Å². The molecule has 0 spiro atoms. The van der Waals surface area contributed by atoms with Crippen molar-refractivity contribution in [1.29, 1.82) is 0 Å². The summed E-state index contributed by atoms with van der Waals surface area (Å²) in [5.41, 5.74) is 0.485. The zero-order valence-corrected chi connectivity index (χ0v) is 11.7. The Morgan fingerprint density at radius 1 is 1.47 bits per heavy atom. The van der Waals surface area contributed by atoms with Crippen LogP contribution >= 0.6 is 0 Å². The fourth-order valence-electron chi connectivity index (χ4n) is 2.84. The smallest absolute Gasteiger partial charge is 0.307 e. The van der Waals surface area contributed by atoms with E-state index in [-0.39, 0.29) is 5.97 Å². The Morgan fingerprint density at radius 2 is 2.18 bits per heavy atom. The summed E-state index contributed by atoms with van der Waals surface area (Å²) < 4.78 is 4.91. The van der Waals surface area contributed by atoms with Gasteiger partial charge in [0.1, 0.15) is 0 Å². The number of esters is 1. The van der Waals surface area contributed by atoms with E-state index in [0.717, 1.165) is 6.54 Å². The van der Waals surface area contributed by atoms with Gasteiger partial charge in [-0.3, -0.25) is 4.79 Å². The van der Waals surface area contributed by atoms with Crippen molar-refractivity contribution in [2.45, 2.75) is 59.4 Å². The largest absolute Gasteiger partial charge is 0.466 e. The summed E-state index contributed by atoms with van der Waals surface area (Å²) in [4.78, 5) is 11.2. The lowest BCUT2D eigenvalue weighted by atomic mass is 9.70. The molecule has 0 aromatic rings. The third-order valence-corrected chi connectivity index (χ3v) is 3.73. The summed E-state index contributed by atoms with van der Waals surface area (Å²) in [5.74, 6) is 0.602. The Kier molecular flexibility index (Phi) is 5.44. The Hall–Kier alpha value is -0.570. The summed E-state index contributed by atoms with van der Waals surface area (Å²) in [5, 5.41) is 3.50. The first-order valence-corrected chi connectivity index (χ1v) is 6.83. The first kappa shape index (κ1) is 14.5. The first-order chi connectivity index (χ1) is 7.94. The molecule has 1 saturated carbocycles. The fraction of sp³-hybridized carbons (Fsp3) is 0.929. The predicted molar refractivity (Wildman–Crippen MR) is 69.8 cm³/mol. The molecule has 17 heavy (non-hydrogen) atoms. The van der Waals surface area contributed by atoms with Crippen LogP contribution in [0.5, 0.6) is 0 Å². The highest BCUT2D eigenvalue weighted by Crippen LogP contribution is 2.38. The van der Waals surface area contributed by atoms with Gasteiger partial charge in [-0.2, -0.15) is 0 Å². The molecule has 0 aliphatic heterocycles. The van der Waals surface area contributed by atoms with Crippen LogP contribution in [0.2, 0.25) is 0 Å². The van der Waals surface area contributed by atoms with E-state index in [4.69, 9.17) is 4.74 Å². The van der Waals surface area contributed by atoms with E-state index in [0.29, 0.717) is 30.4 Å². The maximum absolute atomic E-state index is 11.2. The zero-order chi connectivity index (χ0) is 12.9. The van der Waals surface area contributed by atoms with Crippen LogP contribution in [-0.2, 0) is 9.53 Å². The van der Waals surface area contributed by atoms with E-state index in [2.05, 4.69) is 26.1 Å². The number of hydrogen-bond acceptors (Lipinski definition) is 3. The molecule has 1 rings (SSSR count). The number of rotatable bonds is 5. The second-order valence-corrected chi connectivity index (χ2v) is 6.00. The van der Waals surface area contributed by atoms with Gasteiger partial charge < -0.3 is 10.1 Å². The van der Waals surface area contributed by atoms with Gasteiger partial charge in [0.25, 0.3) is 0 Å². The van der Waals surface area contributed by atoms with Gasteiger partial charge in [0.15, 0.2) is 0 Å². The number of carbonyl (C=O) groups is 1. The molecule has 1 N–H and O–H groups in total. The highest BCUT2D eigenvalue weighted by atomic mass is 16.5. The maximum atomic E-state index is 11.2. The third-order valence-electron chi connectivity index (χ3n) is 3.73. The molecular weight excluding hydrogens is 214 g/mol. The molecule has 0 aromatic heterocycles. The van der Waals surface area contributed by atoms with Crippen molar-refractivity contribution in [1.82, 2.24) is 5.32 Å². The van der Waals surface area contributed by atoms with Crippen LogP contribution in [0.4, 0.5) is 0 Å². The average Bonchev–Trinajstić information content (AvgIpc) is 2.21. The third kappa shape index (κ3) is 5.07. The fourth-order valence-corrected chi connectivity index (χ4v) is 2.84. The van der Waals surface area contributed by atoms with Crippen molar-refractivity contribution < 1.29 is 9.53 Å². The molecule has 2 unspecified atom stereocenters. The van der Waals surface area contributed by atoms with Gasteiger partial charge in [-0.15, -0.1) is 0 Å².